The average molecular weight is 570 g/mol. The Labute approximate surface area is 233 Å². The lowest BCUT2D eigenvalue weighted by Gasteiger charge is -2.27. The van der Waals surface area contributed by atoms with Crippen LogP contribution in [0.2, 0.25) is 0 Å². The van der Waals surface area contributed by atoms with Gasteiger partial charge < -0.3 is 19.6 Å². The minimum absolute atomic E-state index is 0.133. The standard InChI is InChI=1S/C28H35N5O6S/c1-5-7-9-14-24-29-19(3)25-27(34)30-26(31-33(24)25)22-17-21(15-16-23(22)39-6-2)40(36,37)32(18-38-4)28(35)20-12-10-8-11-13-20/h8,10-13,15-17,28,35H,5-7,9,14,18H2,1-4H3,(H,30,31,34)/t28-/m0/s1. The fourth-order valence-corrected chi connectivity index (χ4v) is 5.92. The summed E-state index contributed by atoms with van der Waals surface area (Å²) in [5.74, 6) is 1.14. The van der Waals surface area contributed by atoms with Crippen molar-refractivity contribution < 1.29 is 23.0 Å². The van der Waals surface area contributed by atoms with Crippen molar-refractivity contribution in [1.29, 1.82) is 0 Å². The second kappa shape index (κ2) is 12.7. The van der Waals surface area contributed by atoms with Crippen LogP contribution in [-0.2, 0) is 21.2 Å². The van der Waals surface area contributed by atoms with E-state index in [-0.39, 0.29) is 16.3 Å². The van der Waals surface area contributed by atoms with Gasteiger partial charge in [-0.3, -0.25) is 4.79 Å². The number of unbranched alkanes of at least 4 members (excludes halogenated alkanes) is 2. The van der Waals surface area contributed by atoms with E-state index in [4.69, 9.17) is 9.47 Å². The molecule has 2 aromatic carbocycles. The minimum Gasteiger partial charge on any atom is -0.493 e. The van der Waals surface area contributed by atoms with E-state index in [0.717, 1.165) is 23.6 Å². The molecule has 0 radical (unpaired) electrons. The molecule has 214 valence electrons. The molecule has 0 saturated carbocycles. The number of aryl methyl sites for hydroxylation is 2. The molecule has 2 heterocycles. The van der Waals surface area contributed by atoms with Gasteiger partial charge in [0.1, 0.15) is 24.5 Å². The second-order valence-electron chi connectivity index (χ2n) is 9.32. The Bertz CT molecular complexity index is 1620. The molecule has 0 unspecified atom stereocenters. The summed E-state index contributed by atoms with van der Waals surface area (Å²) in [6.07, 6.45) is 2.12. The molecule has 0 fully saturated rings. The highest BCUT2D eigenvalue weighted by molar-refractivity contribution is 7.89. The van der Waals surface area contributed by atoms with E-state index in [0.29, 0.717) is 41.4 Å². The molecule has 0 bridgehead atoms. The fraction of sp³-hybridized carbons (Fsp3) is 0.393. The van der Waals surface area contributed by atoms with Crippen LogP contribution in [0.15, 0.2) is 58.2 Å². The molecule has 0 aliphatic heterocycles. The van der Waals surface area contributed by atoms with Crippen LogP contribution in [0.4, 0.5) is 0 Å². The molecule has 0 saturated heterocycles. The molecule has 1 atom stereocenters. The van der Waals surface area contributed by atoms with E-state index in [1.165, 1.54) is 29.8 Å². The maximum Gasteiger partial charge on any atom is 0.277 e. The van der Waals surface area contributed by atoms with Gasteiger partial charge >= 0.3 is 0 Å². The Kier molecular flexibility index (Phi) is 9.36. The van der Waals surface area contributed by atoms with Gasteiger partial charge in [0.15, 0.2) is 11.3 Å². The first-order valence-corrected chi connectivity index (χ1v) is 14.7. The van der Waals surface area contributed by atoms with Crippen molar-refractivity contribution in [2.45, 2.75) is 57.6 Å². The Morgan fingerprint density at radius 3 is 2.55 bits per heavy atom. The smallest absolute Gasteiger partial charge is 0.277 e. The number of sulfonamides is 1. The molecular weight excluding hydrogens is 534 g/mol. The summed E-state index contributed by atoms with van der Waals surface area (Å²) < 4.78 is 40.9. The number of hydrogen-bond donors (Lipinski definition) is 2. The van der Waals surface area contributed by atoms with E-state index in [9.17, 15) is 18.3 Å². The lowest BCUT2D eigenvalue weighted by atomic mass is 10.2. The Hall–Kier alpha value is -3.58. The number of H-pyrrole nitrogens is 1. The zero-order chi connectivity index (χ0) is 28.9. The van der Waals surface area contributed by atoms with E-state index >= 15 is 0 Å². The first-order valence-electron chi connectivity index (χ1n) is 13.2. The molecule has 11 nitrogen and oxygen atoms in total. The van der Waals surface area contributed by atoms with Crippen LogP contribution in [-0.4, -0.2) is 57.9 Å². The number of imidazole rings is 1. The SMILES string of the molecule is CCCCCc1nc(C)c2c(=O)[nH]c(-c3cc(S(=O)(=O)N(COC)[C@@H](O)c4ccccc4)ccc3OCC)nn12. The van der Waals surface area contributed by atoms with Gasteiger partial charge in [-0.1, -0.05) is 50.1 Å². The van der Waals surface area contributed by atoms with Gasteiger partial charge in [-0.2, -0.15) is 0 Å². The summed E-state index contributed by atoms with van der Waals surface area (Å²) in [5.41, 5.74) is 1.18. The van der Waals surface area contributed by atoms with Crippen LogP contribution in [0, 0.1) is 6.92 Å². The van der Waals surface area contributed by atoms with Crippen LogP contribution in [0.1, 0.15) is 56.4 Å². The molecule has 2 N–H and O–H groups in total. The number of nitrogens with zero attached hydrogens (tertiary/aromatic N) is 4. The number of aliphatic hydroxyl groups is 1. The number of nitrogens with one attached hydrogen (secondary N) is 1. The number of aromatic nitrogens is 4. The molecule has 12 heteroatoms. The van der Waals surface area contributed by atoms with Crippen molar-refractivity contribution in [2.75, 3.05) is 20.4 Å². The van der Waals surface area contributed by atoms with Crippen LogP contribution >= 0.6 is 0 Å². The number of rotatable bonds is 13. The van der Waals surface area contributed by atoms with Crippen molar-refractivity contribution in [2.24, 2.45) is 0 Å². The van der Waals surface area contributed by atoms with E-state index in [1.54, 1.807) is 44.2 Å². The first kappa shape index (κ1) is 29.4. The van der Waals surface area contributed by atoms with Crippen molar-refractivity contribution in [3.8, 4) is 17.1 Å². The summed E-state index contributed by atoms with van der Waals surface area (Å²) in [6.45, 7) is 5.59. The summed E-state index contributed by atoms with van der Waals surface area (Å²) >= 11 is 0. The third-order valence-corrected chi connectivity index (χ3v) is 8.26. The number of methoxy groups -OCH3 is 1. The predicted molar refractivity (Wildman–Crippen MR) is 150 cm³/mol. The third kappa shape index (κ3) is 5.94. The number of aliphatic hydroxyl groups excluding tert-OH is 1. The third-order valence-electron chi connectivity index (χ3n) is 6.49. The molecule has 4 aromatic rings. The molecule has 0 aliphatic carbocycles. The van der Waals surface area contributed by atoms with Crippen molar-refractivity contribution >= 4 is 15.5 Å². The maximum atomic E-state index is 13.8. The Balaban J connectivity index is 1.84. The zero-order valence-corrected chi connectivity index (χ0v) is 23.9. The van der Waals surface area contributed by atoms with Gasteiger partial charge in [0.25, 0.3) is 5.56 Å². The summed E-state index contributed by atoms with van der Waals surface area (Å²) in [5, 5.41) is 15.7. The average Bonchev–Trinajstić information content (AvgIpc) is 3.27. The van der Waals surface area contributed by atoms with E-state index in [2.05, 4.69) is 22.0 Å². The highest BCUT2D eigenvalue weighted by Gasteiger charge is 2.32. The van der Waals surface area contributed by atoms with Crippen LogP contribution in [0.5, 0.6) is 5.75 Å². The molecule has 0 amide bonds. The highest BCUT2D eigenvalue weighted by Crippen LogP contribution is 2.33. The fourth-order valence-electron chi connectivity index (χ4n) is 4.51. The van der Waals surface area contributed by atoms with Gasteiger partial charge in [-0.15, -0.1) is 9.40 Å². The summed E-state index contributed by atoms with van der Waals surface area (Å²) in [7, 11) is -2.93. The van der Waals surface area contributed by atoms with Gasteiger partial charge in [0.2, 0.25) is 10.0 Å². The monoisotopic (exact) mass is 569 g/mol. The normalized spacial score (nSPS) is 12.8. The van der Waals surface area contributed by atoms with E-state index in [1.807, 2.05) is 0 Å². The predicted octanol–water partition coefficient (Wildman–Crippen LogP) is 3.81. The lowest BCUT2D eigenvalue weighted by Crippen LogP contribution is -2.36. The molecule has 40 heavy (non-hydrogen) atoms. The number of hydrogen-bond acceptors (Lipinski definition) is 8. The lowest BCUT2D eigenvalue weighted by molar-refractivity contribution is -0.00430. The van der Waals surface area contributed by atoms with Crippen LogP contribution in [0.3, 0.4) is 0 Å². The van der Waals surface area contributed by atoms with Gasteiger partial charge in [-0.25, -0.2) is 17.9 Å². The molecule has 4 rings (SSSR count). The highest BCUT2D eigenvalue weighted by atomic mass is 32.2. The van der Waals surface area contributed by atoms with Gasteiger partial charge in [0, 0.05) is 13.5 Å². The van der Waals surface area contributed by atoms with Crippen LogP contribution in [0.25, 0.3) is 16.9 Å². The largest absolute Gasteiger partial charge is 0.493 e. The Morgan fingerprint density at radius 1 is 1.12 bits per heavy atom. The summed E-state index contributed by atoms with van der Waals surface area (Å²) in [6, 6.07) is 12.7. The number of fused-ring (bicyclic) bond motifs is 1. The second-order valence-corrected chi connectivity index (χ2v) is 11.2. The van der Waals surface area contributed by atoms with Gasteiger partial charge in [-0.05, 0) is 44.0 Å². The van der Waals surface area contributed by atoms with Crippen molar-refractivity contribution in [3.05, 3.63) is 76.0 Å². The quantitative estimate of drug-likeness (QED) is 0.183. The molecule has 0 aliphatic rings. The number of ether oxygens (including phenoxy) is 2. The number of aromatic amines is 1. The maximum absolute atomic E-state index is 13.8. The van der Waals surface area contributed by atoms with Crippen LogP contribution < -0.4 is 10.3 Å². The molecular formula is C28H35N5O6S. The van der Waals surface area contributed by atoms with E-state index < -0.39 is 28.5 Å². The molecule has 0 spiro atoms. The Morgan fingerprint density at radius 2 is 1.88 bits per heavy atom. The summed E-state index contributed by atoms with van der Waals surface area (Å²) in [4.78, 5) is 20.4. The first-order chi connectivity index (χ1) is 19.2. The minimum atomic E-state index is -4.28. The topological polar surface area (TPSA) is 139 Å². The zero-order valence-electron chi connectivity index (χ0n) is 23.1. The van der Waals surface area contributed by atoms with Crippen molar-refractivity contribution in [1.82, 2.24) is 23.9 Å². The molecule has 2 aromatic heterocycles. The van der Waals surface area contributed by atoms with Crippen molar-refractivity contribution in [3.63, 3.8) is 0 Å². The number of benzene rings is 2. The van der Waals surface area contributed by atoms with Gasteiger partial charge in [0.05, 0.1) is 22.8 Å².